The zero-order valence-electron chi connectivity index (χ0n) is 23.6. The number of rotatable bonds is 14. The number of nitrogens with zero attached hydrogens (tertiary/aromatic N) is 2. The van der Waals surface area contributed by atoms with Crippen LogP contribution in [0.25, 0.3) is 0 Å². The van der Waals surface area contributed by atoms with E-state index in [0.29, 0.717) is 52.4 Å². The first-order chi connectivity index (χ1) is 20.2. The molecule has 4 rings (SSSR count). The van der Waals surface area contributed by atoms with Crippen LogP contribution in [0.3, 0.4) is 0 Å². The van der Waals surface area contributed by atoms with Crippen LogP contribution < -0.4 is 15.6 Å². The molecule has 11 heteroatoms. The van der Waals surface area contributed by atoms with Gasteiger partial charge in [0.2, 0.25) is 5.90 Å². The molecule has 0 saturated heterocycles. The van der Waals surface area contributed by atoms with E-state index in [0.717, 1.165) is 23.0 Å². The highest BCUT2D eigenvalue weighted by molar-refractivity contribution is 9.10. The van der Waals surface area contributed by atoms with Gasteiger partial charge in [0.1, 0.15) is 5.75 Å². The molecule has 0 unspecified atom stereocenters. The fourth-order valence-corrected chi connectivity index (χ4v) is 5.39. The van der Waals surface area contributed by atoms with Crippen molar-refractivity contribution in [2.24, 2.45) is 4.99 Å². The van der Waals surface area contributed by atoms with Crippen molar-refractivity contribution in [3.63, 3.8) is 0 Å². The lowest BCUT2D eigenvalue weighted by molar-refractivity contribution is -0.130. The first kappa shape index (κ1) is 32.3. The number of aliphatic imine (C=N–C) groups is 1. The van der Waals surface area contributed by atoms with Gasteiger partial charge in [0.05, 0.1) is 6.61 Å². The summed E-state index contributed by atoms with van der Waals surface area (Å²) in [4.78, 5) is 21.3. The minimum absolute atomic E-state index is 0.0599. The molecular formula is C31H35BrCl2N4O4. The Hall–Kier alpha value is -2.66. The Morgan fingerprint density at radius 1 is 1.10 bits per heavy atom. The van der Waals surface area contributed by atoms with E-state index in [9.17, 15) is 4.79 Å². The number of carbonyl (C=O) groups is 1. The molecule has 42 heavy (non-hydrogen) atoms. The molecule has 0 bridgehead atoms. The topological polar surface area (TPSA) is 95.4 Å². The number of halogens is 3. The van der Waals surface area contributed by atoms with Crippen molar-refractivity contribution < 1.29 is 19.4 Å². The standard InChI is InChI=1S/C31H35BrCl2N4O4/c1-38(2)16-3-15-35-37-30(40)31(20-21-5-9-23(32)10-6-21)28(26-14-11-24(33)19-27(26)34)42-29(36-31)22-7-12-25(13-8-22)41-18-4-17-39/h5-14,19,28,35,39H,3-4,15-18,20H2,1-2H3,(H,37,40)/t28-,31-/m0/s1. The third-order valence-electron chi connectivity index (χ3n) is 6.77. The van der Waals surface area contributed by atoms with Crippen LogP contribution in [-0.2, 0) is 16.0 Å². The van der Waals surface area contributed by atoms with Crippen LogP contribution >= 0.6 is 39.1 Å². The molecular weight excluding hydrogens is 643 g/mol. The van der Waals surface area contributed by atoms with Gasteiger partial charge in [-0.25, -0.2) is 10.4 Å². The number of aliphatic hydroxyl groups is 1. The van der Waals surface area contributed by atoms with Crippen LogP contribution in [0, 0.1) is 0 Å². The van der Waals surface area contributed by atoms with Gasteiger partial charge in [0, 0.05) is 51.6 Å². The molecule has 224 valence electrons. The summed E-state index contributed by atoms with van der Waals surface area (Å²) in [6, 6.07) is 20.2. The van der Waals surface area contributed by atoms with Crippen LogP contribution in [0.15, 0.2) is 76.2 Å². The van der Waals surface area contributed by atoms with Gasteiger partial charge >= 0.3 is 0 Å². The van der Waals surface area contributed by atoms with E-state index in [-0.39, 0.29) is 18.9 Å². The monoisotopic (exact) mass is 676 g/mol. The van der Waals surface area contributed by atoms with Gasteiger partial charge in [-0.15, -0.1) is 0 Å². The molecule has 0 saturated carbocycles. The van der Waals surface area contributed by atoms with Crippen LogP contribution in [0.4, 0.5) is 0 Å². The van der Waals surface area contributed by atoms with Gasteiger partial charge in [0.15, 0.2) is 11.6 Å². The van der Waals surface area contributed by atoms with Crippen molar-refractivity contribution >= 4 is 50.9 Å². The smallest absolute Gasteiger partial charge is 0.266 e. The second kappa shape index (κ2) is 15.2. The molecule has 3 N–H and O–H groups in total. The summed E-state index contributed by atoms with van der Waals surface area (Å²) in [7, 11) is 4.01. The van der Waals surface area contributed by atoms with E-state index in [4.69, 9.17) is 42.8 Å². The lowest BCUT2D eigenvalue weighted by atomic mass is 9.82. The molecule has 3 aromatic rings. The fourth-order valence-electron chi connectivity index (χ4n) is 4.62. The Balaban J connectivity index is 1.73. The Bertz CT molecular complexity index is 1370. The second-order valence-corrected chi connectivity index (χ2v) is 12.1. The van der Waals surface area contributed by atoms with Gasteiger partial charge in [-0.2, -0.15) is 0 Å². The zero-order chi connectivity index (χ0) is 30.1. The SMILES string of the molecule is CN(C)CCCNNC(=O)[C@@]1(Cc2ccc(Br)cc2)N=C(c2ccc(OCCCO)cc2)O[C@H]1c1ccc(Cl)cc1Cl. The number of carbonyl (C=O) groups excluding carboxylic acids is 1. The average Bonchev–Trinajstić information content (AvgIpc) is 3.34. The Morgan fingerprint density at radius 2 is 1.83 bits per heavy atom. The summed E-state index contributed by atoms with van der Waals surface area (Å²) >= 11 is 16.4. The molecule has 1 aliphatic heterocycles. The van der Waals surface area contributed by atoms with Crippen molar-refractivity contribution in [1.82, 2.24) is 15.8 Å². The van der Waals surface area contributed by atoms with Crippen LogP contribution in [-0.4, -0.2) is 67.7 Å². The molecule has 3 aromatic carbocycles. The van der Waals surface area contributed by atoms with Crippen molar-refractivity contribution in [1.29, 1.82) is 0 Å². The summed E-state index contributed by atoms with van der Waals surface area (Å²) in [6.45, 7) is 1.92. The van der Waals surface area contributed by atoms with Gasteiger partial charge in [-0.05, 0) is 81.2 Å². The van der Waals surface area contributed by atoms with Crippen molar-refractivity contribution in [2.75, 3.05) is 40.4 Å². The third-order valence-corrected chi connectivity index (χ3v) is 7.86. The number of hydrogen-bond acceptors (Lipinski definition) is 7. The average molecular weight is 678 g/mol. The normalized spacial score (nSPS) is 18.1. The van der Waals surface area contributed by atoms with Crippen molar-refractivity contribution in [3.05, 3.63) is 97.9 Å². The van der Waals surface area contributed by atoms with Crippen molar-refractivity contribution in [3.8, 4) is 5.75 Å². The first-order valence-electron chi connectivity index (χ1n) is 13.7. The number of nitrogens with one attached hydrogen (secondary N) is 2. The summed E-state index contributed by atoms with van der Waals surface area (Å²) in [5.74, 6) is 0.627. The molecule has 1 amide bonds. The molecule has 8 nitrogen and oxygen atoms in total. The van der Waals surface area contributed by atoms with E-state index < -0.39 is 11.6 Å². The maximum Gasteiger partial charge on any atom is 0.266 e. The second-order valence-electron chi connectivity index (χ2n) is 10.3. The highest BCUT2D eigenvalue weighted by Gasteiger charge is 2.54. The van der Waals surface area contributed by atoms with Crippen molar-refractivity contribution in [2.45, 2.75) is 30.9 Å². The molecule has 0 aromatic heterocycles. The molecule has 0 radical (unpaired) electrons. The maximum absolute atomic E-state index is 14.2. The number of hydrogen-bond donors (Lipinski definition) is 3. The molecule has 0 spiro atoms. The minimum atomic E-state index is -1.40. The predicted octanol–water partition coefficient (Wildman–Crippen LogP) is 5.59. The van der Waals surface area contributed by atoms with Gasteiger partial charge in [-0.1, -0.05) is 57.3 Å². The summed E-state index contributed by atoms with van der Waals surface area (Å²) in [5.41, 5.74) is 6.76. The van der Waals surface area contributed by atoms with Crippen LogP contribution in [0.5, 0.6) is 5.75 Å². The Kier molecular flexibility index (Phi) is 11.7. The minimum Gasteiger partial charge on any atom is -0.494 e. The Labute approximate surface area is 265 Å². The summed E-state index contributed by atoms with van der Waals surface area (Å²) in [5, 5.41) is 9.89. The van der Waals surface area contributed by atoms with E-state index in [1.807, 2.05) is 62.6 Å². The molecule has 1 heterocycles. The lowest BCUT2D eigenvalue weighted by Crippen LogP contribution is -2.54. The molecule has 0 fully saturated rings. The van der Waals surface area contributed by atoms with Gasteiger partial charge < -0.3 is 19.5 Å². The van der Waals surface area contributed by atoms with Crippen LogP contribution in [0.1, 0.15) is 35.6 Å². The Morgan fingerprint density at radius 3 is 2.50 bits per heavy atom. The summed E-state index contributed by atoms with van der Waals surface area (Å²) < 4.78 is 13.1. The number of hydrazine groups is 1. The number of ether oxygens (including phenoxy) is 2. The number of aliphatic hydroxyl groups excluding tert-OH is 1. The largest absolute Gasteiger partial charge is 0.494 e. The molecule has 1 aliphatic rings. The zero-order valence-corrected chi connectivity index (χ0v) is 26.7. The fraction of sp³-hybridized carbons (Fsp3) is 0.355. The van der Waals surface area contributed by atoms with Crippen LogP contribution in [0.2, 0.25) is 10.0 Å². The quantitative estimate of drug-likeness (QED) is 0.152. The maximum atomic E-state index is 14.2. The summed E-state index contributed by atoms with van der Waals surface area (Å²) in [6.07, 6.45) is 0.792. The lowest BCUT2D eigenvalue weighted by Gasteiger charge is -2.31. The number of amides is 1. The highest BCUT2D eigenvalue weighted by Crippen LogP contribution is 2.45. The first-order valence-corrected chi connectivity index (χ1v) is 15.2. The highest BCUT2D eigenvalue weighted by atomic mass is 79.9. The van der Waals surface area contributed by atoms with E-state index in [2.05, 4.69) is 31.7 Å². The van der Waals surface area contributed by atoms with Gasteiger partial charge in [-0.3, -0.25) is 10.2 Å². The number of benzene rings is 3. The predicted molar refractivity (Wildman–Crippen MR) is 170 cm³/mol. The van der Waals surface area contributed by atoms with E-state index >= 15 is 0 Å². The van der Waals surface area contributed by atoms with E-state index in [1.165, 1.54) is 0 Å². The third kappa shape index (κ3) is 8.24. The molecule has 2 atom stereocenters. The molecule has 0 aliphatic carbocycles. The van der Waals surface area contributed by atoms with Gasteiger partial charge in [0.25, 0.3) is 5.91 Å². The van der Waals surface area contributed by atoms with E-state index in [1.54, 1.807) is 18.2 Å².